The van der Waals surface area contributed by atoms with E-state index in [4.69, 9.17) is 4.52 Å². The molecule has 0 radical (unpaired) electrons. The molecule has 0 bridgehead atoms. The van der Waals surface area contributed by atoms with Crippen LogP contribution < -0.4 is 10.6 Å². The molecule has 3 heterocycles. The Morgan fingerprint density at radius 2 is 2.50 bits per heavy atom. The first-order chi connectivity index (χ1) is 10.7. The van der Waals surface area contributed by atoms with Gasteiger partial charge in [-0.05, 0) is 36.9 Å². The Balaban J connectivity index is 1.49. The molecule has 2 unspecified atom stereocenters. The summed E-state index contributed by atoms with van der Waals surface area (Å²) in [5.74, 6) is 1.62. The summed E-state index contributed by atoms with van der Waals surface area (Å²) in [6.45, 7) is 4.07. The lowest BCUT2D eigenvalue weighted by Gasteiger charge is -2.30. The van der Waals surface area contributed by atoms with Crippen LogP contribution >= 0.6 is 11.3 Å². The second kappa shape index (κ2) is 7.02. The van der Waals surface area contributed by atoms with E-state index in [1.54, 1.807) is 11.3 Å². The number of aryl methyl sites for hydroxylation is 1. The summed E-state index contributed by atoms with van der Waals surface area (Å²) in [5.41, 5.74) is 0. The minimum Gasteiger partial charge on any atom is -0.353 e. The summed E-state index contributed by atoms with van der Waals surface area (Å²) in [6, 6.07) is 4.16. The van der Waals surface area contributed by atoms with Gasteiger partial charge in [0.05, 0.1) is 4.88 Å². The number of hydrogen-bond donors (Lipinski definition) is 2. The first-order valence-electron chi connectivity index (χ1n) is 7.59. The molecule has 3 rings (SSSR count). The van der Waals surface area contributed by atoms with Crippen molar-refractivity contribution >= 4 is 17.2 Å². The quantitative estimate of drug-likeness (QED) is 0.879. The van der Waals surface area contributed by atoms with Crippen LogP contribution in [0.2, 0.25) is 0 Å². The summed E-state index contributed by atoms with van der Waals surface area (Å²) >= 11 is 1.57. The second-order valence-electron chi connectivity index (χ2n) is 5.63. The van der Waals surface area contributed by atoms with Gasteiger partial charge in [-0.3, -0.25) is 4.79 Å². The number of nitrogens with zero attached hydrogens (tertiary/aromatic N) is 2. The van der Waals surface area contributed by atoms with Gasteiger partial charge in [0.25, 0.3) is 0 Å². The van der Waals surface area contributed by atoms with Crippen LogP contribution in [-0.2, 0) is 11.2 Å². The van der Waals surface area contributed by atoms with Crippen molar-refractivity contribution < 1.29 is 9.32 Å². The van der Waals surface area contributed by atoms with Crippen LogP contribution in [0.1, 0.15) is 25.7 Å². The van der Waals surface area contributed by atoms with E-state index in [0.29, 0.717) is 30.5 Å². The highest BCUT2D eigenvalue weighted by atomic mass is 32.1. The number of aromatic nitrogens is 2. The molecule has 6 nitrogen and oxygen atoms in total. The Morgan fingerprint density at radius 3 is 3.27 bits per heavy atom. The molecule has 0 spiro atoms. The molecule has 2 aromatic rings. The van der Waals surface area contributed by atoms with Gasteiger partial charge < -0.3 is 15.2 Å². The smallest absolute Gasteiger partial charge is 0.227 e. The zero-order valence-electron chi connectivity index (χ0n) is 12.5. The monoisotopic (exact) mass is 320 g/mol. The number of hydrogen-bond acceptors (Lipinski definition) is 6. The molecule has 0 aromatic carbocycles. The van der Waals surface area contributed by atoms with E-state index >= 15 is 0 Å². The molecule has 1 saturated heterocycles. The van der Waals surface area contributed by atoms with Crippen LogP contribution in [0.15, 0.2) is 22.0 Å². The number of piperidine rings is 1. The summed E-state index contributed by atoms with van der Waals surface area (Å²) in [4.78, 5) is 17.4. The number of nitrogens with one attached hydrogen (secondary N) is 2. The van der Waals surface area contributed by atoms with E-state index < -0.39 is 0 Å². The first kappa shape index (κ1) is 15.2. The zero-order chi connectivity index (χ0) is 15.4. The van der Waals surface area contributed by atoms with Gasteiger partial charge in [-0.15, -0.1) is 11.3 Å². The third-order valence-electron chi connectivity index (χ3n) is 3.91. The fraction of sp³-hybridized carbons (Fsp3) is 0.533. The highest BCUT2D eigenvalue weighted by molar-refractivity contribution is 7.13. The highest BCUT2D eigenvalue weighted by Crippen LogP contribution is 2.21. The van der Waals surface area contributed by atoms with Crippen molar-refractivity contribution in [3.8, 4) is 10.7 Å². The van der Waals surface area contributed by atoms with Crippen molar-refractivity contribution in [2.75, 3.05) is 13.1 Å². The highest BCUT2D eigenvalue weighted by Gasteiger charge is 2.22. The molecule has 2 atom stereocenters. The van der Waals surface area contributed by atoms with Gasteiger partial charge in [-0.1, -0.05) is 18.1 Å². The predicted molar refractivity (Wildman–Crippen MR) is 84.5 cm³/mol. The molecule has 1 fully saturated rings. The normalized spacial score (nSPS) is 21.7. The van der Waals surface area contributed by atoms with Gasteiger partial charge in [0.15, 0.2) is 0 Å². The SMILES string of the molecule is CC1CNCCC1NC(=O)CCc1nc(-c2cccs2)no1. The van der Waals surface area contributed by atoms with Crippen molar-refractivity contribution in [1.29, 1.82) is 0 Å². The lowest BCUT2D eigenvalue weighted by molar-refractivity contribution is -0.122. The largest absolute Gasteiger partial charge is 0.353 e. The second-order valence-corrected chi connectivity index (χ2v) is 6.58. The van der Waals surface area contributed by atoms with E-state index in [1.165, 1.54) is 0 Å². The average molecular weight is 320 g/mol. The number of carbonyl (C=O) groups is 1. The lowest BCUT2D eigenvalue weighted by Crippen LogP contribution is -2.48. The van der Waals surface area contributed by atoms with Crippen LogP contribution in [0.25, 0.3) is 10.7 Å². The van der Waals surface area contributed by atoms with Gasteiger partial charge in [0, 0.05) is 18.9 Å². The summed E-state index contributed by atoms with van der Waals surface area (Å²) in [6.07, 6.45) is 1.84. The van der Waals surface area contributed by atoms with Crippen LogP contribution in [-0.4, -0.2) is 35.2 Å². The lowest BCUT2D eigenvalue weighted by atomic mass is 9.95. The van der Waals surface area contributed by atoms with E-state index in [2.05, 4.69) is 27.7 Å². The minimum absolute atomic E-state index is 0.0506. The van der Waals surface area contributed by atoms with Crippen molar-refractivity contribution in [3.05, 3.63) is 23.4 Å². The summed E-state index contributed by atoms with van der Waals surface area (Å²) in [7, 11) is 0. The molecular formula is C15H20N4O2S. The number of thiophene rings is 1. The van der Waals surface area contributed by atoms with E-state index in [9.17, 15) is 4.79 Å². The van der Waals surface area contributed by atoms with Gasteiger partial charge >= 0.3 is 0 Å². The molecule has 1 aliphatic heterocycles. The Bertz CT molecular complexity index is 611. The molecule has 0 aliphatic carbocycles. The maximum Gasteiger partial charge on any atom is 0.227 e. The van der Waals surface area contributed by atoms with E-state index in [0.717, 1.165) is 24.4 Å². The van der Waals surface area contributed by atoms with E-state index in [-0.39, 0.29) is 11.9 Å². The Hall–Kier alpha value is -1.73. The van der Waals surface area contributed by atoms with Crippen LogP contribution in [0.4, 0.5) is 0 Å². The maximum absolute atomic E-state index is 12.0. The van der Waals surface area contributed by atoms with Gasteiger partial charge in [0.1, 0.15) is 0 Å². The predicted octanol–water partition coefficient (Wildman–Crippen LogP) is 1.84. The number of carbonyl (C=O) groups excluding carboxylic acids is 1. The molecule has 0 saturated carbocycles. The van der Waals surface area contributed by atoms with Crippen molar-refractivity contribution in [3.63, 3.8) is 0 Å². The Labute approximate surface area is 133 Å². The zero-order valence-corrected chi connectivity index (χ0v) is 13.4. The summed E-state index contributed by atoms with van der Waals surface area (Å²) in [5, 5.41) is 12.4. The molecule has 1 aliphatic rings. The number of rotatable bonds is 5. The third-order valence-corrected chi connectivity index (χ3v) is 4.77. The maximum atomic E-state index is 12.0. The number of amides is 1. The van der Waals surface area contributed by atoms with Gasteiger partial charge in [-0.25, -0.2) is 0 Å². The van der Waals surface area contributed by atoms with Crippen molar-refractivity contribution in [2.45, 2.75) is 32.2 Å². The topological polar surface area (TPSA) is 80.0 Å². The molecule has 22 heavy (non-hydrogen) atoms. The average Bonchev–Trinajstić information content (AvgIpc) is 3.18. The van der Waals surface area contributed by atoms with Gasteiger partial charge in [0.2, 0.25) is 17.6 Å². The standard InChI is InChI=1S/C15H20N4O2S/c1-10-9-16-7-6-11(10)17-13(20)4-5-14-18-15(19-21-14)12-3-2-8-22-12/h2-3,8,10-11,16H,4-7,9H2,1H3,(H,17,20). The summed E-state index contributed by atoms with van der Waals surface area (Å²) < 4.78 is 5.21. The Morgan fingerprint density at radius 1 is 1.59 bits per heavy atom. The van der Waals surface area contributed by atoms with Crippen molar-refractivity contribution in [1.82, 2.24) is 20.8 Å². The van der Waals surface area contributed by atoms with Crippen molar-refractivity contribution in [2.24, 2.45) is 5.92 Å². The van der Waals surface area contributed by atoms with Crippen LogP contribution in [0.5, 0.6) is 0 Å². The third kappa shape index (κ3) is 3.72. The molecular weight excluding hydrogens is 300 g/mol. The van der Waals surface area contributed by atoms with Gasteiger partial charge in [-0.2, -0.15) is 4.98 Å². The Kier molecular flexibility index (Phi) is 4.84. The minimum atomic E-state index is 0.0506. The molecule has 2 aromatic heterocycles. The molecule has 1 amide bonds. The molecule has 118 valence electrons. The molecule has 7 heteroatoms. The van der Waals surface area contributed by atoms with Crippen LogP contribution in [0, 0.1) is 5.92 Å². The fourth-order valence-electron chi connectivity index (χ4n) is 2.59. The molecule has 2 N–H and O–H groups in total. The fourth-order valence-corrected chi connectivity index (χ4v) is 3.24. The van der Waals surface area contributed by atoms with Crippen LogP contribution in [0.3, 0.4) is 0 Å². The first-order valence-corrected chi connectivity index (χ1v) is 8.47. The van der Waals surface area contributed by atoms with E-state index in [1.807, 2.05) is 17.5 Å².